The highest BCUT2D eigenvalue weighted by molar-refractivity contribution is 6.18. The molecule has 0 N–H and O–H groups in total. The van der Waals surface area contributed by atoms with Gasteiger partial charge in [-0.25, -0.2) is 4.79 Å². The average molecular weight is 262 g/mol. The molecule has 1 aliphatic rings. The van der Waals surface area contributed by atoms with Crippen LogP contribution in [-0.4, -0.2) is 26.3 Å². The van der Waals surface area contributed by atoms with E-state index in [0.717, 1.165) is 18.4 Å². The number of hydrogen-bond donors (Lipinski definition) is 0. The van der Waals surface area contributed by atoms with Crippen molar-refractivity contribution in [3.8, 4) is 5.75 Å². The maximum atomic E-state index is 12.2. The van der Waals surface area contributed by atoms with Gasteiger partial charge in [-0.1, -0.05) is 18.2 Å². The van der Waals surface area contributed by atoms with Crippen molar-refractivity contribution in [3.63, 3.8) is 0 Å². The predicted octanol–water partition coefficient (Wildman–Crippen LogP) is 2.78. The molecule has 2 rings (SSSR count). The van der Waals surface area contributed by atoms with Crippen LogP contribution in [0, 0.1) is 0 Å². The summed E-state index contributed by atoms with van der Waals surface area (Å²) in [4.78, 5) is 12.2. The van der Waals surface area contributed by atoms with E-state index in [9.17, 15) is 4.79 Å². The Bertz CT molecular complexity index is 483. The standard InChI is InChI=1S/C15H18O4/c1-3-18-15(16)14(13-9-6-10-19-13)11-7-4-5-8-12(11)17-2/h4-5,7-8H,3,6,9-10H2,1-2H3/b14-13+. The Balaban J connectivity index is 2.48. The maximum absolute atomic E-state index is 12.2. The van der Waals surface area contributed by atoms with Crippen LogP contribution in [0.15, 0.2) is 30.0 Å². The molecule has 4 heteroatoms. The molecule has 0 saturated carbocycles. The van der Waals surface area contributed by atoms with Crippen molar-refractivity contribution in [2.75, 3.05) is 20.3 Å². The van der Waals surface area contributed by atoms with Gasteiger partial charge in [0.25, 0.3) is 0 Å². The minimum Gasteiger partial charge on any atom is -0.497 e. The van der Waals surface area contributed by atoms with Crippen LogP contribution in [-0.2, 0) is 14.3 Å². The molecule has 1 saturated heterocycles. The molecule has 1 aromatic rings. The second kappa shape index (κ2) is 6.27. The van der Waals surface area contributed by atoms with E-state index in [0.29, 0.717) is 30.3 Å². The van der Waals surface area contributed by atoms with E-state index < -0.39 is 0 Å². The van der Waals surface area contributed by atoms with Crippen LogP contribution < -0.4 is 4.74 Å². The molecule has 0 aliphatic carbocycles. The molecule has 0 bridgehead atoms. The molecule has 0 atom stereocenters. The SMILES string of the molecule is CCOC(=O)/C(=C1\CCCO1)c1ccccc1OC. The Morgan fingerprint density at radius 2 is 2.16 bits per heavy atom. The number of rotatable bonds is 4. The van der Waals surface area contributed by atoms with Gasteiger partial charge in [-0.3, -0.25) is 0 Å². The quantitative estimate of drug-likeness (QED) is 0.618. The molecule has 19 heavy (non-hydrogen) atoms. The zero-order chi connectivity index (χ0) is 13.7. The van der Waals surface area contributed by atoms with E-state index in [2.05, 4.69) is 0 Å². The first-order valence-electron chi connectivity index (χ1n) is 6.44. The van der Waals surface area contributed by atoms with E-state index in [-0.39, 0.29) is 5.97 Å². The third-order valence-electron chi connectivity index (χ3n) is 2.96. The first-order chi connectivity index (χ1) is 9.27. The van der Waals surface area contributed by atoms with Crippen molar-refractivity contribution < 1.29 is 19.0 Å². The Hall–Kier alpha value is -1.97. The molecule has 0 amide bonds. The van der Waals surface area contributed by atoms with Gasteiger partial charge in [0.2, 0.25) is 0 Å². The Morgan fingerprint density at radius 1 is 1.37 bits per heavy atom. The van der Waals surface area contributed by atoms with E-state index in [4.69, 9.17) is 14.2 Å². The zero-order valence-corrected chi connectivity index (χ0v) is 11.3. The number of esters is 1. The number of carbonyl (C=O) groups excluding carboxylic acids is 1. The first kappa shape index (κ1) is 13.5. The molecule has 1 fully saturated rings. The largest absolute Gasteiger partial charge is 0.497 e. The van der Waals surface area contributed by atoms with E-state index in [1.807, 2.05) is 24.3 Å². The minimum absolute atomic E-state index is 0.338. The molecule has 0 aromatic heterocycles. The number of carbonyl (C=O) groups is 1. The molecule has 0 unspecified atom stereocenters. The number of ether oxygens (including phenoxy) is 3. The summed E-state index contributed by atoms with van der Waals surface area (Å²) in [6, 6.07) is 7.40. The number of allylic oxidation sites excluding steroid dienone is 1. The van der Waals surface area contributed by atoms with Crippen molar-refractivity contribution in [2.24, 2.45) is 0 Å². The van der Waals surface area contributed by atoms with E-state index in [1.54, 1.807) is 14.0 Å². The van der Waals surface area contributed by atoms with Crippen LogP contribution in [0.5, 0.6) is 5.75 Å². The van der Waals surface area contributed by atoms with Gasteiger partial charge in [-0.15, -0.1) is 0 Å². The van der Waals surface area contributed by atoms with Gasteiger partial charge in [0.05, 0.1) is 20.3 Å². The third-order valence-corrected chi connectivity index (χ3v) is 2.96. The molecular formula is C15H18O4. The third kappa shape index (κ3) is 2.89. The molecule has 4 nitrogen and oxygen atoms in total. The van der Waals surface area contributed by atoms with Crippen molar-refractivity contribution >= 4 is 11.5 Å². The van der Waals surface area contributed by atoms with Crippen molar-refractivity contribution in [1.82, 2.24) is 0 Å². The molecule has 102 valence electrons. The van der Waals surface area contributed by atoms with Gasteiger partial charge < -0.3 is 14.2 Å². The van der Waals surface area contributed by atoms with Gasteiger partial charge >= 0.3 is 5.97 Å². The summed E-state index contributed by atoms with van der Waals surface area (Å²) < 4.78 is 16.0. The topological polar surface area (TPSA) is 44.8 Å². The van der Waals surface area contributed by atoms with E-state index >= 15 is 0 Å². The lowest BCUT2D eigenvalue weighted by Crippen LogP contribution is -2.10. The van der Waals surface area contributed by atoms with Crippen LogP contribution in [0.25, 0.3) is 5.57 Å². The van der Waals surface area contributed by atoms with Gasteiger partial charge in [0.1, 0.15) is 17.1 Å². The highest BCUT2D eigenvalue weighted by Crippen LogP contribution is 2.33. The highest BCUT2D eigenvalue weighted by Gasteiger charge is 2.25. The Kier molecular flexibility index (Phi) is 4.44. The van der Waals surface area contributed by atoms with Crippen LogP contribution in [0.1, 0.15) is 25.3 Å². The monoisotopic (exact) mass is 262 g/mol. The molecule has 0 radical (unpaired) electrons. The summed E-state index contributed by atoms with van der Waals surface area (Å²) in [5.41, 5.74) is 1.21. The van der Waals surface area contributed by atoms with Gasteiger partial charge in [0, 0.05) is 12.0 Å². The summed E-state index contributed by atoms with van der Waals surface area (Å²) in [6.45, 7) is 2.77. The molecule has 1 heterocycles. The number of para-hydroxylation sites is 1. The zero-order valence-electron chi connectivity index (χ0n) is 11.3. The highest BCUT2D eigenvalue weighted by atomic mass is 16.5. The van der Waals surface area contributed by atoms with Crippen molar-refractivity contribution in [2.45, 2.75) is 19.8 Å². The molecule has 1 aliphatic heterocycles. The average Bonchev–Trinajstić information content (AvgIpc) is 2.94. The summed E-state index contributed by atoms with van der Waals surface area (Å²) in [5, 5.41) is 0. The fourth-order valence-corrected chi connectivity index (χ4v) is 2.13. The van der Waals surface area contributed by atoms with Crippen molar-refractivity contribution in [1.29, 1.82) is 0 Å². The first-order valence-corrected chi connectivity index (χ1v) is 6.44. The van der Waals surface area contributed by atoms with E-state index in [1.165, 1.54) is 0 Å². The van der Waals surface area contributed by atoms with Crippen LogP contribution in [0.4, 0.5) is 0 Å². The van der Waals surface area contributed by atoms with Crippen LogP contribution >= 0.6 is 0 Å². The fraction of sp³-hybridized carbons (Fsp3) is 0.400. The number of benzene rings is 1. The van der Waals surface area contributed by atoms with Gasteiger partial charge in [0.15, 0.2) is 0 Å². The normalized spacial score (nSPS) is 16.7. The van der Waals surface area contributed by atoms with Gasteiger partial charge in [-0.05, 0) is 19.4 Å². The second-order valence-electron chi connectivity index (χ2n) is 4.17. The number of hydrogen-bond acceptors (Lipinski definition) is 4. The lowest BCUT2D eigenvalue weighted by molar-refractivity contribution is -0.136. The van der Waals surface area contributed by atoms with Crippen LogP contribution in [0.3, 0.4) is 0 Å². The summed E-state index contributed by atoms with van der Waals surface area (Å²) >= 11 is 0. The Labute approximate surface area is 113 Å². The molecular weight excluding hydrogens is 244 g/mol. The molecule has 1 aromatic carbocycles. The number of methoxy groups -OCH3 is 1. The summed E-state index contributed by atoms with van der Waals surface area (Å²) in [5.74, 6) is 0.986. The fourth-order valence-electron chi connectivity index (χ4n) is 2.13. The summed E-state index contributed by atoms with van der Waals surface area (Å²) in [7, 11) is 1.59. The minimum atomic E-state index is -0.357. The van der Waals surface area contributed by atoms with Gasteiger partial charge in [-0.2, -0.15) is 0 Å². The smallest absolute Gasteiger partial charge is 0.342 e. The Morgan fingerprint density at radius 3 is 2.79 bits per heavy atom. The van der Waals surface area contributed by atoms with Crippen molar-refractivity contribution in [3.05, 3.63) is 35.6 Å². The lowest BCUT2D eigenvalue weighted by Gasteiger charge is -2.13. The van der Waals surface area contributed by atoms with Crippen LogP contribution in [0.2, 0.25) is 0 Å². The summed E-state index contributed by atoms with van der Waals surface area (Å²) in [6.07, 6.45) is 1.68. The second-order valence-corrected chi connectivity index (χ2v) is 4.17. The molecule has 0 spiro atoms. The maximum Gasteiger partial charge on any atom is 0.342 e. The predicted molar refractivity (Wildman–Crippen MR) is 71.7 cm³/mol. The lowest BCUT2D eigenvalue weighted by atomic mass is 10.0.